The van der Waals surface area contributed by atoms with Crippen LogP contribution in [0.25, 0.3) is 0 Å². The number of nitrogens with zero attached hydrogens (tertiary/aromatic N) is 1. The number of anilines is 1. The average Bonchev–Trinajstić information content (AvgIpc) is 2.96. The number of carbonyl (C=O) groups excluding carboxylic acids is 2. The molecule has 1 atom stereocenters. The first-order chi connectivity index (χ1) is 12.7. The number of aromatic nitrogens is 1. The summed E-state index contributed by atoms with van der Waals surface area (Å²) in [6.07, 6.45) is 2.74. The van der Waals surface area contributed by atoms with E-state index < -0.39 is 39.3 Å². The van der Waals surface area contributed by atoms with Crippen molar-refractivity contribution in [3.05, 3.63) is 59.4 Å². The Morgan fingerprint density at radius 2 is 1.78 bits per heavy atom. The summed E-state index contributed by atoms with van der Waals surface area (Å²) in [5.74, 6) is -3.12. The number of sulfone groups is 1. The van der Waals surface area contributed by atoms with Gasteiger partial charge in [-0.05, 0) is 24.6 Å². The molecule has 10 heteroatoms. The Morgan fingerprint density at radius 1 is 1.07 bits per heavy atom. The number of halogens is 2. The molecule has 1 fully saturated rings. The van der Waals surface area contributed by atoms with Crippen LogP contribution in [0.2, 0.25) is 0 Å². The quantitative estimate of drug-likeness (QED) is 0.817. The average molecular weight is 395 g/mol. The Bertz CT molecular complexity index is 1010. The van der Waals surface area contributed by atoms with E-state index in [9.17, 15) is 26.8 Å². The maximum atomic E-state index is 13.6. The van der Waals surface area contributed by atoms with Crippen molar-refractivity contribution >= 4 is 27.3 Å². The summed E-state index contributed by atoms with van der Waals surface area (Å²) in [7, 11) is -3.14. The number of amides is 2. The standard InChI is InChI=1S/C17H15F2N3O4S/c18-12-1-2-15(14(19)6-12)22-17(24)11-5-10(7-20-8-11)16(23)21-13-3-4-27(25,26)9-13/h1-2,5-8,13H,3-4,9H2,(H,21,23)(H,22,24). The van der Waals surface area contributed by atoms with Crippen molar-refractivity contribution in [3.63, 3.8) is 0 Å². The summed E-state index contributed by atoms with van der Waals surface area (Å²) in [5, 5.41) is 4.86. The third kappa shape index (κ3) is 4.64. The van der Waals surface area contributed by atoms with E-state index in [4.69, 9.17) is 0 Å². The minimum Gasteiger partial charge on any atom is -0.348 e. The molecule has 1 unspecified atom stereocenters. The fraction of sp³-hybridized carbons (Fsp3) is 0.235. The van der Waals surface area contributed by atoms with Gasteiger partial charge in [-0.25, -0.2) is 17.2 Å². The zero-order chi connectivity index (χ0) is 19.6. The SMILES string of the molecule is O=C(Nc1ccc(F)cc1F)c1cncc(C(=O)NC2CCS(=O)(=O)C2)c1. The van der Waals surface area contributed by atoms with Crippen LogP contribution in [0.5, 0.6) is 0 Å². The Labute approximate surface area is 153 Å². The number of hydrogen-bond donors (Lipinski definition) is 2. The van der Waals surface area contributed by atoms with E-state index in [-0.39, 0.29) is 28.3 Å². The Balaban J connectivity index is 1.71. The monoisotopic (exact) mass is 395 g/mol. The lowest BCUT2D eigenvalue weighted by Crippen LogP contribution is -2.35. The Hall–Kier alpha value is -2.88. The van der Waals surface area contributed by atoms with E-state index in [0.717, 1.165) is 12.1 Å². The topological polar surface area (TPSA) is 105 Å². The molecule has 1 saturated heterocycles. The van der Waals surface area contributed by atoms with Crippen molar-refractivity contribution in [2.24, 2.45) is 0 Å². The molecular formula is C17H15F2N3O4S. The zero-order valence-electron chi connectivity index (χ0n) is 13.9. The number of benzene rings is 1. The molecule has 1 aliphatic rings. The predicted molar refractivity (Wildman–Crippen MR) is 93.1 cm³/mol. The molecule has 0 bridgehead atoms. The fourth-order valence-electron chi connectivity index (χ4n) is 2.65. The summed E-state index contributed by atoms with van der Waals surface area (Å²) in [6.45, 7) is 0. The fourth-order valence-corrected chi connectivity index (χ4v) is 4.32. The highest BCUT2D eigenvalue weighted by molar-refractivity contribution is 7.91. The smallest absolute Gasteiger partial charge is 0.257 e. The van der Waals surface area contributed by atoms with E-state index in [2.05, 4.69) is 15.6 Å². The maximum Gasteiger partial charge on any atom is 0.257 e. The van der Waals surface area contributed by atoms with Gasteiger partial charge in [0.2, 0.25) is 0 Å². The van der Waals surface area contributed by atoms with Crippen LogP contribution in [0.1, 0.15) is 27.1 Å². The summed E-state index contributed by atoms with van der Waals surface area (Å²) < 4.78 is 49.5. The summed E-state index contributed by atoms with van der Waals surface area (Å²) in [5.41, 5.74) is -0.163. The highest BCUT2D eigenvalue weighted by Crippen LogP contribution is 2.17. The second-order valence-corrected chi connectivity index (χ2v) is 8.34. The van der Waals surface area contributed by atoms with Crippen molar-refractivity contribution in [2.75, 3.05) is 16.8 Å². The summed E-state index contributed by atoms with van der Waals surface area (Å²) >= 11 is 0. The first kappa shape index (κ1) is 18.9. The predicted octanol–water partition coefficient (Wildman–Crippen LogP) is 1.53. The van der Waals surface area contributed by atoms with E-state index in [1.165, 1.54) is 18.5 Å². The van der Waals surface area contributed by atoms with Crippen LogP contribution in [0.15, 0.2) is 36.7 Å². The normalized spacial score (nSPS) is 18.1. The van der Waals surface area contributed by atoms with Crippen LogP contribution in [-0.4, -0.2) is 42.8 Å². The van der Waals surface area contributed by atoms with Gasteiger partial charge < -0.3 is 10.6 Å². The van der Waals surface area contributed by atoms with Gasteiger partial charge in [0.15, 0.2) is 9.84 Å². The second kappa shape index (κ2) is 7.39. The van der Waals surface area contributed by atoms with Crippen LogP contribution in [-0.2, 0) is 9.84 Å². The van der Waals surface area contributed by atoms with Gasteiger partial charge in [-0.15, -0.1) is 0 Å². The molecule has 0 aliphatic carbocycles. The molecular weight excluding hydrogens is 380 g/mol. The van der Waals surface area contributed by atoms with Crippen LogP contribution >= 0.6 is 0 Å². The number of carbonyl (C=O) groups is 2. The molecule has 1 aliphatic heterocycles. The number of hydrogen-bond acceptors (Lipinski definition) is 5. The number of pyridine rings is 1. The minimum absolute atomic E-state index is 0.00887. The van der Waals surface area contributed by atoms with Crippen molar-refractivity contribution < 1.29 is 26.8 Å². The molecule has 2 heterocycles. The molecule has 2 aromatic rings. The van der Waals surface area contributed by atoms with Crippen molar-refractivity contribution in [1.29, 1.82) is 0 Å². The third-order valence-corrected chi connectivity index (χ3v) is 5.78. The van der Waals surface area contributed by atoms with Crippen LogP contribution < -0.4 is 10.6 Å². The molecule has 1 aromatic carbocycles. The molecule has 7 nitrogen and oxygen atoms in total. The van der Waals surface area contributed by atoms with Gasteiger partial charge in [-0.2, -0.15) is 0 Å². The lowest BCUT2D eigenvalue weighted by Gasteiger charge is -2.11. The van der Waals surface area contributed by atoms with Crippen molar-refractivity contribution in [2.45, 2.75) is 12.5 Å². The Kier molecular flexibility index (Phi) is 5.17. The van der Waals surface area contributed by atoms with Gasteiger partial charge in [0.1, 0.15) is 11.6 Å². The summed E-state index contributed by atoms with van der Waals surface area (Å²) in [4.78, 5) is 28.3. The van der Waals surface area contributed by atoms with E-state index in [1.807, 2.05) is 0 Å². The lowest BCUT2D eigenvalue weighted by atomic mass is 10.1. The van der Waals surface area contributed by atoms with Crippen molar-refractivity contribution in [1.82, 2.24) is 10.3 Å². The van der Waals surface area contributed by atoms with Crippen molar-refractivity contribution in [3.8, 4) is 0 Å². The van der Waals surface area contributed by atoms with Crippen LogP contribution in [0.3, 0.4) is 0 Å². The molecule has 27 heavy (non-hydrogen) atoms. The molecule has 1 aromatic heterocycles. The lowest BCUT2D eigenvalue weighted by molar-refractivity contribution is 0.0940. The zero-order valence-corrected chi connectivity index (χ0v) is 14.7. The first-order valence-corrected chi connectivity index (χ1v) is 9.78. The number of nitrogens with one attached hydrogen (secondary N) is 2. The molecule has 3 rings (SSSR count). The number of rotatable bonds is 4. The van der Waals surface area contributed by atoms with Gasteiger partial charge in [-0.3, -0.25) is 14.6 Å². The molecule has 2 N–H and O–H groups in total. The van der Waals surface area contributed by atoms with Gasteiger partial charge in [0.25, 0.3) is 11.8 Å². The Morgan fingerprint density at radius 3 is 2.41 bits per heavy atom. The second-order valence-electron chi connectivity index (χ2n) is 6.11. The first-order valence-electron chi connectivity index (χ1n) is 7.96. The van der Waals surface area contributed by atoms with E-state index >= 15 is 0 Å². The van der Waals surface area contributed by atoms with E-state index in [0.29, 0.717) is 12.5 Å². The summed E-state index contributed by atoms with van der Waals surface area (Å²) in [6, 6.07) is 3.47. The third-order valence-electron chi connectivity index (χ3n) is 4.01. The highest BCUT2D eigenvalue weighted by Gasteiger charge is 2.29. The van der Waals surface area contributed by atoms with Gasteiger partial charge >= 0.3 is 0 Å². The van der Waals surface area contributed by atoms with Gasteiger partial charge in [-0.1, -0.05) is 0 Å². The van der Waals surface area contributed by atoms with Gasteiger partial charge in [0, 0.05) is 24.5 Å². The molecule has 142 valence electrons. The highest BCUT2D eigenvalue weighted by atomic mass is 32.2. The van der Waals surface area contributed by atoms with Crippen LogP contribution in [0, 0.1) is 11.6 Å². The minimum atomic E-state index is -3.14. The molecule has 0 spiro atoms. The molecule has 0 radical (unpaired) electrons. The maximum absolute atomic E-state index is 13.6. The van der Waals surface area contributed by atoms with Gasteiger partial charge in [0.05, 0.1) is 28.3 Å². The largest absolute Gasteiger partial charge is 0.348 e. The van der Waals surface area contributed by atoms with Crippen LogP contribution in [0.4, 0.5) is 14.5 Å². The van der Waals surface area contributed by atoms with E-state index in [1.54, 1.807) is 0 Å². The molecule has 0 saturated carbocycles. The molecule has 2 amide bonds.